The molecule has 0 saturated carbocycles. The van der Waals surface area contributed by atoms with Gasteiger partial charge in [-0.15, -0.1) is 0 Å². The molecule has 0 fully saturated rings. The zero-order chi connectivity index (χ0) is 14.3. The van der Waals surface area contributed by atoms with Crippen molar-refractivity contribution in [3.8, 4) is 5.88 Å². The summed E-state index contributed by atoms with van der Waals surface area (Å²) in [5.74, 6) is -0.154. The number of aryl methyl sites for hydroxylation is 1. The lowest BCUT2D eigenvalue weighted by atomic mass is 10.1. The number of carboxylic acids is 1. The number of nitrogens with zero attached hydrogens (tertiary/aromatic N) is 2. The van der Waals surface area contributed by atoms with Crippen molar-refractivity contribution in [2.24, 2.45) is 5.92 Å². The molecule has 0 bridgehead atoms. The van der Waals surface area contributed by atoms with Gasteiger partial charge in [0.15, 0.2) is 0 Å². The van der Waals surface area contributed by atoms with Crippen molar-refractivity contribution in [1.82, 2.24) is 9.97 Å². The minimum Gasteiger partial charge on any atom is -0.481 e. The zero-order valence-electron chi connectivity index (χ0n) is 11.6. The molecule has 1 aromatic rings. The summed E-state index contributed by atoms with van der Waals surface area (Å²) in [6.07, 6.45) is 1.44. The first kappa shape index (κ1) is 15.2. The largest absolute Gasteiger partial charge is 0.481 e. The minimum atomic E-state index is -0.793. The fraction of sp³-hybridized carbons (Fsp3) is 0.615. The molecule has 6 heteroatoms. The van der Waals surface area contributed by atoms with Crippen molar-refractivity contribution in [3.05, 3.63) is 11.8 Å². The van der Waals surface area contributed by atoms with Gasteiger partial charge in [0, 0.05) is 18.3 Å². The number of hydrogen-bond donors (Lipinski definition) is 2. The SMILES string of the molecule is CCCOc1cc(C)nc(NCCC(C)C(=O)O)n1. The summed E-state index contributed by atoms with van der Waals surface area (Å²) in [4.78, 5) is 19.1. The van der Waals surface area contributed by atoms with Gasteiger partial charge in [-0.2, -0.15) is 4.98 Å². The van der Waals surface area contributed by atoms with Gasteiger partial charge in [-0.25, -0.2) is 4.98 Å². The molecule has 1 rings (SSSR count). The maximum atomic E-state index is 10.7. The Hall–Kier alpha value is -1.85. The van der Waals surface area contributed by atoms with E-state index < -0.39 is 5.97 Å². The highest BCUT2D eigenvalue weighted by atomic mass is 16.5. The smallest absolute Gasteiger partial charge is 0.306 e. The summed E-state index contributed by atoms with van der Waals surface area (Å²) in [7, 11) is 0. The highest BCUT2D eigenvalue weighted by Gasteiger charge is 2.10. The van der Waals surface area contributed by atoms with Crippen LogP contribution in [0.15, 0.2) is 6.07 Å². The van der Waals surface area contributed by atoms with Crippen LogP contribution in [0.25, 0.3) is 0 Å². The van der Waals surface area contributed by atoms with Crippen molar-refractivity contribution >= 4 is 11.9 Å². The predicted molar refractivity (Wildman–Crippen MR) is 72.5 cm³/mol. The second-order valence-corrected chi connectivity index (χ2v) is 4.47. The Morgan fingerprint density at radius 2 is 2.26 bits per heavy atom. The maximum Gasteiger partial charge on any atom is 0.306 e. The summed E-state index contributed by atoms with van der Waals surface area (Å²) in [5.41, 5.74) is 0.815. The van der Waals surface area contributed by atoms with Crippen LogP contribution in [-0.4, -0.2) is 34.2 Å². The third kappa shape index (κ3) is 5.54. The molecule has 0 radical (unpaired) electrons. The van der Waals surface area contributed by atoms with Gasteiger partial charge >= 0.3 is 5.97 Å². The normalized spacial score (nSPS) is 11.9. The Kier molecular flexibility index (Phi) is 6.05. The highest BCUT2D eigenvalue weighted by Crippen LogP contribution is 2.12. The minimum absolute atomic E-state index is 0.381. The number of aliphatic carboxylic acids is 1. The van der Waals surface area contributed by atoms with Crippen LogP contribution < -0.4 is 10.1 Å². The van der Waals surface area contributed by atoms with Crippen LogP contribution in [0, 0.1) is 12.8 Å². The summed E-state index contributed by atoms with van der Waals surface area (Å²) in [6, 6.07) is 1.78. The van der Waals surface area contributed by atoms with Crippen LogP contribution in [0.3, 0.4) is 0 Å². The van der Waals surface area contributed by atoms with E-state index in [1.807, 2.05) is 13.8 Å². The average Bonchev–Trinajstić information content (AvgIpc) is 2.35. The van der Waals surface area contributed by atoms with Crippen LogP contribution in [0.5, 0.6) is 5.88 Å². The van der Waals surface area contributed by atoms with Crippen molar-refractivity contribution in [2.45, 2.75) is 33.6 Å². The van der Waals surface area contributed by atoms with Crippen LogP contribution in [0.1, 0.15) is 32.4 Å². The fourth-order valence-corrected chi connectivity index (χ4v) is 1.42. The topological polar surface area (TPSA) is 84.3 Å². The van der Waals surface area contributed by atoms with Gasteiger partial charge in [-0.3, -0.25) is 4.79 Å². The van der Waals surface area contributed by atoms with E-state index in [9.17, 15) is 4.79 Å². The van der Waals surface area contributed by atoms with Gasteiger partial charge in [0.05, 0.1) is 12.5 Å². The number of aromatic nitrogens is 2. The molecule has 0 amide bonds. The summed E-state index contributed by atoms with van der Waals surface area (Å²) in [6.45, 7) is 6.71. The Balaban J connectivity index is 2.53. The van der Waals surface area contributed by atoms with Gasteiger partial charge in [0.2, 0.25) is 11.8 Å². The molecule has 1 heterocycles. The van der Waals surface area contributed by atoms with E-state index in [2.05, 4.69) is 15.3 Å². The molecule has 0 saturated heterocycles. The van der Waals surface area contributed by atoms with E-state index in [0.717, 1.165) is 12.1 Å². The summed E-state index contributed by atoms with van der Waals surface area (Å²) >= 11 is 0. The van der Waals surface area contributed by atoms with Crippen LogP contribution in [-0.2, 0) is 4.79 Å². The lowest BCUT2D eigenvalue weighted by molar-refractivity contribution is -0.141. The highest BCUT2D eigenvalue weighted by molar-refractivity contribution is 5.69. The Labute approximate surface area is 113 Å². The molecule has 0 spiro atoms. The van der Waals surface area contributed by atoms with E-state index in [4.69, 9.17) is 9.84 Å². The average molecular weight is 267 g/mol. The van der Waals surface area contributed by atoms with Gasteiger partial charge in [-0.1, -0.05) is 13.8 Å². The molecule has 0 aliphatic heterocycles. The standard InChI is InChI=1S/C13H21N3O3/c1-4-7-19-11-8-10(3)15-13(16-11)14-6-5-9(2)12(17)18/h8-9H,4-7H2,1-3H3,(H,17,18)(H,14,15,16). The van der Waals surface area contributed by atoms with Crippen molar-refractivity contribution in [1.29, 1.82) is 0 Å². The molecule has 0 aliphatic rings. The van der Waals surface area contributed by atoms with E-state index in [1.165, 1.54) is 0 Å². The molecule has 1 aromatic heterocycles. The summed E-state index contributed by atoms with van der Waals surface area (Å²) in [5, 5.41) is 11.8. The van der Waals surface area contributed by atoms with Gasteiger partial charge in [-0.05, 0) is 19.8 Å². The third-order valence-corrected chi connectivity index (χ3v) is 2.57. The second kappa shape index (κ2) is 7.56. The number of anilines is 1. The van der Waals surface area contributed by atoms with Crippen LogP contribution in [0.4, 0.5) is 5.95 Å². The number of carbonyl (C=O) groups is 1. The quantitative estimate of drug-likeness (QED) is 0.750. The Bertz CT molecular complexity index is 424. The molecule has 106 valence electrons. The molecule has 2 N–H and O–H groups in total. The van der Waals surface area contributed by atoms with E-state index in [0.29, 0.717) is 31.4 Å². The third-order valence-electron chi connectivity index (χ3n) is 2.57. The zero-order valence-corrected chi connectivity index (χ0v) is 11.6. The first-order chi connectivity index (χ1) is 9.02. The van der Waals surface area contributed by atoms with Gasteiger partial charge in [0.1, 0.15) is 0 Å². The number of carboxylic acid groups (broad SMARTS) is 1. The molecule has 6 nitrogen and oxygen atoms in total. The van der Waals surface area contributed by atoms with Gasteiger partial charge < -0.3 is 15.2 Å². The molecular weight excluding hydrogens is 246 g/mol. The van der Waals surface area contributed by atoms with Crippen LogP contribution in [0.2, 0.25) is 0 Å². The van der Waals surface area contributed by atoms with E-state index in [-0.39, 0.29) is 5.92 Å². The van der Waals surface area contributed by atoms with E-state index in [1.54, 1.807) is 13.0 Å². The first-order valence-corrected chi connectivity index (χ1v) is 6.48. The number of nitrogens with one attached hydrogen (secondary N) is 1. The number of ether oxygens (including phenoxy) is 1. The molecule has 1 atom stereocenters. The van der Waals surface area contributed by atoms with Crippen LogP contribution >= 0.6 is 0 Å². The Morgan fingerprint density at radius 3 is 2.89 bits per heavy atom. The van der Waals surface area contributed by atoms with E-state index >= 15 is 0 Å². The summed E-state index contributed by atoms with van der Waals surface area (Å²) < 4.78 is 5.46. The molecular formula is C13H21N3O3. The monoisotopic (exact) mass is 267 g/mol. The lowest BCUT2D eigenvalue weighted by Gasteiger charge is -2.10. The van der Waals surface area contributed by atoms with Crippen molar-refractivity contribution in [3.63, 3.8) is 0 Å². The lowest BCUT2D eigenvalue weighted by Crippen LogP contribution is -2.15. The molecule has 1 unspecified atom stereocenters. The van der Waals surface area contributed by atoms with Gasteiger partial charge in [0.25, 0.3) is 0 Å². The second-order valence-electron chi connectivity index (χ2n) is 4.47. The number of rotatable bonds is 8. The maximum absolute atomic E-state index is 10.7. The molecule has 0 aliphatic carbocycles. The molecule has 19 heavy (non-hydrogen) atoms. The fourth-order valence-electron chi connectivity index (χ4n) is 1.42. The van der Waals surface area contributed by atoms with Crippen molar-refractivity contribution in [2.75, 3.05) is 18.5 Å². The molecule has 0 aromatic carbocycles. The predicted octanol–water partition coefficient (Wildman–Crippen LogP) is 2.10. The first-order valence-electron chi connectivity index (χ1n) is 6.48. The number of hydrogen-bond acceptors (Lipinski definition) is 5. The van der Waals surface area contributed by atoms with Crippen molar-refractivity contribution < 1.29 is 14.6 Å². The Morgan fingerprint density at radius 1 is 1.53 bits per heavy atom.